The molecular formula is C37H40F3N3O4S. The van der Waals surface area contributed by atoms with Crippen LogP contribution in [0, 0.1) is 0 Å². The van der Waals surface area contributed by atoms with E-state index >= 15 is 0 Å². The molecule has 0 radical (unpaired) electrons. The number of rotatable bonds is 11. The number of sulfonamides is 1. The molecule has 7 nitrogen and oxygen atoms in total. The second-order valence-corrected chi connectivity index (χ2v) is 14.4. The van der Waals surface area contributed by atoms with Crippen LogP contribution in [0.2, 0.25) is 0 Å². The Morgan fingerprint density at radius 2 is 1.48 bits per heavy atom. The quantitative estimate of drug-likeness (QED) is 0.187. The molecule has 11 heteroatoms. The maximum atomic E-state index is 13.8. The minimum Gasteiger partial charge on any atom is -0.369 e. The van der Waals surface area contributed by atoms with Crippen LogP contribution in [0.15, 0.2) is 102 Å². The lowest BCUT2D eigenvalue weighted by Crippen LogP contribution is -2.48. The fraction of sp³-hybridized carbons (Fsp3) is 0.378. The number of amides is 1. The average Bonchev–Trinajstić information content (AvgIpc) is 3.61. The van der Waals surface area contributed by atoms with Gasteiger partial charge < -0.3 is 14.5 Å². The number of hydrogen-bond donors (Lipinski definition) is 1. The van der Waals surface area contributed by atoms with Gasteiger partial charge in [0.1, 0.15) is 0 Å². The van der Waals surface area contributed by atoms with Crippen LogP contribution in [0.5, 0.6) is 0 Å². The molecule has 6 rings (SSSR count). The molecule has 2 aliphatic heterocycles. The van der Waals surface area contributed by atoms with E-state index in [2.05, 4.69) is 9.62 Å². The van der Waals surface area contributed by atoms with Gasteiger partial charge in [0.2, 0.25) is 15.9 Å². The molecule has 2 saturated heterocycles. The van der Waals surface area contributed by atoms with E-state index in [1.165, 1.54) is 12.1 Å². The van der Waals surface area contributed by atoms with E-state index in [0.29, 0.717) is 43.7 Å². The van der Waals surface area contributed by atoms with Crippen LogP contribution < -0.4 is 4.72 Å². The molecule has 4 aromatic carbocycles. The third kappa shape index (κ3) is 7.92. The molecule has 4 aromatic rings. The summed E-state index contributed by atoms with van der Waals surface area (Å²) < 4.78 is 76.5. The van der Waals surface area contributed by atoms with Crippen molar-refractivity contribution >= 4 is 26.7 Å². The first-order chi connectivity index (χ1) is 23.0. The lowest BCUT2D eigenvalue weighted by atomic mass is 9.83. The summed E-state index contributed by atoms with van der Waals surface area (Å²) >= 11 is 0. The van der Waals surface area contributed by atoms with Gasteiger partial charge in [0.15, 0.2) is 0 Å². The fourth-order valence-electron chi connectivity index (χ4n) is 6.78. The summed E-state index contributed by atoms with van der Waals surface area (Å²) in [6.45, 7) is 3.83. The SMILES string of the molecule is O=C(CC(NS(=O)(=O)c1ccc2ccccc2c1)c1ccccc1)N1CCC(OCCN2CCCC2)(c2ccc(C(F)(F)F)cc2)CC1. The Kier molecular flexibility index (Phi) is 10.2. The van der Waals surface area contributed by atoms with Crippen LogP contribution in [-0.2, 0) is 31.3 Å². The number of ether oxygens (including phenoxy) is 1. The summed E-state index contributed by atoms with van der Waals surface area (Å²) in [4.78, 5) is 17.9. The summed E-state index contributed by atoms with van der Waals surface area (Å²) in [7, 11) is -3.99. The first-order valence-electron chi connectivity index (χ1n) is 16.4. The van der Waals surface area contributed by atoms with Gasteiger partial charge in [-0.15, -0.1) is 0 Å². The lowest BCUT2D eigenvalue weighted by Gasteiger charge is -2.42. The molecule has 1 atom stereocenters. The van der Waals surface area contributed by atoms with Gasteiger partial charge >= 0.3 is 6.18 Å². The Morgan fingerprint density at radius 3 is 2.15 bits per heavy atom. The van der Waals surface area contributed by atoms with E-state index in [4.69, 9.17) is 4.74 Å². The number of halogens is 3. The molecular weight excluding hydrogens is 639 g/mol. The normalized spacial score (nSPS) is 17.9. The Hall–Kier alpha value is -3.77. The van der Waals surface area contributed by atoms with Crippen molar-refractivity contribution in [2.45, 2.75) is 54.8 Å². The molecule has 1 unspecified atom stereocenters. The van der Waals surface area contributed by atoms with Gasteiger partial charge in [0.05, 0.1) is 28.7 Å². The number of carbonyl (C=O) groups excluding carboxylic acids is 1. The van der Waals surface area contributed by atoms with E-state index < -0.39 is 33.4 Å². The topological polar surface area (TPSA) is 79.0 Å². The number of carbonyl (C=O) groups is 1. The number of alkyl halides is 3. The van der Waals surface area contributed by atoms with Crippen LogP contribution in [-0.4, -0.2) is 63.5 Å². The van der Waals surface area contributed by atoms with E-state index in [9.17, 15) is 26.4 Å². The minimum atomic E-state index is -4.44. The number of nitrogens with zero attached hydrogens (tertiary/aromatic N) is 2. The summed E-state index contributed by atoms with van der Waals surface area (Å²) in [5.74, 6) is -0.219. The van der Waals surface area contributed by atoms with Gasteiger partial charge in [0.25, 0.3) is 0 Å². The number of likely N-dealkylation sites (tertiary alicyclic amines) is 2. The number of fused-ring (bicyclic) bond motifs is 1. The summed E-state index contributed by atoms with van der Waals surface area (Å²) in [6, 6.07) is 25.8. The fourth-order valence-corrected chi connectivity index (χ4v) is 8.04. The van der Waals surface area contributed by atoms with Crippen LogP contribution in [0.25, 0.3) is 10.8 Å². The summed E-state index contributed by atoms with van der Waals surface area (Å²) in [5, 5.41) is 1.71. The highest BCUT2D eigenvalue weighted by atomic mass is 32.2. The van der Waals surface area contributed by atoms with Crippen LogP contribution in [0.4, 0.5) is 13.2 Å². The highest BCUT2D eigenvalue weighted by molar-refractivity contribution is 7.89. The van der Waals surface area contributed by atoms with E-state index in [1.54, 1.807) is 47.4 Å². The maximum absolute atomic E-state index is 13.8. The molecule has 48 heavy (non-hydrogen) atoms. The Labute approximate surface area is 279 Å². The van der Waals surface area contributed by atoms with Crippen molar-refractivity contribution < 1.29 is 31.1 Å². The molecule has 0 aliphatic carbocycles. The Balaban J connectivity index is 1.17. The van der Waals surface area contributed by atoms with Crippen LogP contribution >= 0.6 is 0 Å². The highest BCUT2D eigenvalue weighted by Gasteiger charge is 2.40. The predicted octanol–water partition coefficient (Wildman–Crippen LogP) is 6.90. The molecule has 0 aromatic heterocycles. The third-order valence-electron chi connectivity index (χ3n) is 9.56. The van der Waals surface area contributed by atoms with Gasteiger partial charge in [-0.2, -0.15) is 13.2 Å². The number of piperidine rings is 1. The highest BCUT2D eigenvalue weighted by Crippen LogP contribution is 2.39. The van der Waals surface area contributed by atoms with E-state index in [1.807, 2.05) is 30.3 Å². The summed E-state index contributed by atoms with van der Waals surface area (Å²) in [5.41, 5.74) is -0.230. The number of nitrogens with one attached hydrogen (secondary N) is 1. The second-order valence-electron chi connectivity index (χ2n) is 12.6. The smallest absolute Gasteiger partial charge is 0.369 e. The first kappa shape index (κ1) is 34.1. The largest absolute Gasteiger partial charge is 0.416 e. The second kappa shape index (κ2) is 14.4. The van der Waals surface area contributed by atoms with E-state index in [0.717, 1.165) is 55.4 Å². The van der Waals surface area contributed by atoms with Crippen LogP contribution in [0.1, 0.15) is 54.8 Å². The standard InChI is InChI=1S/C37H40F3N3O4S/c38-37(39,40)32-15-13-31(14-16-32)36(47-25-24-42-20-6-7-21-42)18-22-43(23-19-36)35(44)27-34(29-9-2-1-3-10-29)41-48(45,46)33-17-12-28-8-4-5-11-30(28)26-33/h1-5,8-17,26,34,41H,6-7,18-25,27H2. The molecule has 0 bridgehead atoms. The van der Waals surface area contributed by atoms with Crippen molar-refractivity contribution in [1.82, 2.24) is 14.5 Å². The molecule has 2 fully saturated rings. The molecule has 2 aliphatic rings. The number of benzene rings is 4. The van der Waals surface area contributed by atoms with Gasteiger partial charge in [-0.1, -0.05) is 72.8 Å². The van der Waals surface area contributed by atoms with Crippen molar-refractivity contribution in [3.63, 3.8) is 0 Å². The minimum absolute atomic E-state index is 0.0973. The van der Waals surface area contributed by atoms with Gasteiger partial charge in [-0.25, -0.2) is 13.1 Å². The van der Waals surface area contributed by atoms with E-state index in [-0.39, 0.29) is 17.2 Å². The number of hydrogen-bond acceptors (Lipinski definition) is 5. The van der Waals surface area contributed by atoms with Gasteiger partial charge in [-0.05, 0) is 84.9 Å². The van der Waals surface area contributed by atoms with Crippen molar-refractivity contribution in [2.75, 3.05) is 39.3 Å². The monoisotopic (exact) mass is 679 g/mol. The van der Waals surface area contributed by atoms with Crippen LogP contribution in [0.3, 0.4) is 0 Å². The zero-order chi connectivity index (χ0) is 33.8. The Morgan fingerprint density at radius 1 is 0.833 bits per heavy atom. The maximum Gasteiger partial charge on any atom is 0.416 e. The van der Waals surface area contributed by atoms with Gasteiger partial charge in [-0.3, -0.25) is 4.79 Å². The molecule has 2 heterocycles. The molecule has 0 spiro atoms. The molecule has 0 saturated carbocycles. The average molecular weight is 680 g/mol. The Bertz CT molecular complexity index is 1800. The lowest BCUT2D eigenvalue weighted by molar-refractivity contribution is -0.141. The zero-order valence-corrected chi connectivity index (χ0v) is 27.5. The zero-order valence-electron chi connectivity index (χ0n) is 26.7. The van der Waals surface area contributed by atoms with Crippen molar-refractivity contribution in [1.29, 1.82) is 0 Å². The first-order valence-corrected chi connectivity index (χ1v) is 17.9. The predicted molar refractivity (Wildman–Crippen MR) is 179 cm³/mol. The van der Waals surface area contributed by atoms with Crippen molar-refractivity contribution in [3.05, 3.63) is 114 Å². The van der Waals surface area contributed by atoms with Crippen molar-refractivity contribution in [3.8, 4) is 0 Å². The molecule has 1 N–H and O–H groups in total. The van der Waals surface area contributed by atoms with Gasteiger partial charge in [0, 0.05) is 26.1 Å². The summed E-state index contributed by atoms with van der Waals surface area (Å²) in [6.07, 6.45) is -1.44. The molecule has 254 valence electrons. The van der Waals surface area contributed by atoms with Crippen molar-refractivity contribution in [2.24, 2.45) is 0 Å². The third-order valence-corrected chi connectivity index (χ3v) is 11.0. The molecule has 1 amide bonds.